The molecule has 1 aromatic carbocycles. The molecular weight excluding hydrogens is 156 g/mol. The van der Waals surface area contributed by atoms with Crippen molar-refractivity contribution in [2.45, 2.75) is 4.90 Å². The third kappa shape index (κ3) is 1.67. The van der Waals surface area contributed by atoms with E-state index in [0.29, 0.717) is 16.0 Å². The van der Waals surface area contributed by atoms with Crippen molar-refractivity contribution in [3.05, 3.63) is 29.3 Å². The van der Waals surface area contributed by atoms with Crippen LogP contribution in [0.3, 0.4) is 0 Å². The van der Waals surface area contributed by atoms with E-state index in [-0.39, 0.29) is 0 Å². The minimum atomic E-state index is 0.439. The summed E-state index contributed by atoms with van der Waals surface area (Å²) in [7, 11) is 0. The third-order valence-electron chi connectivity index (χ3n) is 1.16. The van der Waals surface area contributed by atoms with Gasteiger partial charge >= 0.3 is 0 Å². The molecule has 0 aliphatic carbocycles. The Hall–Kier alpha value is -1.58. The first-order chi connectivity index (χ1) is 5.26. The van der Waals surface area contributed by atoms with Crippen molar-refractivity contribution in [1.29, 1.82) is 10.5 Å². The van der Waals surface area contributed by atoms with E-state index in [1.165, 1.54) is 6.07 Å². The van der Waals surface area contributed by atoms with Crippen molar-refractivity contribution >= 4 is 12.6 Å². The number of hydrogen-bond acceptors (Lipinski definition) is 3. The topological polar surface area (TPSA) is 47.6 Å². The Balaban J connectivity index is 3.28. The average Bonchev–Trinajstić information content (AvgIpc) is 2.03. The summed E-state index contributed by atoms with van der Waals surface area (Å²) in [6.07, 6.45) is 0. The van der Waals surface area contributed by atoms with Crippen LogP contribution in [-0.4, -0.2) is 0 Å². The fourth-order valence-electron chi connectivity index (χ4n) is 0.728. The SMILES string of the molecule is N#Cc1cc([S-])cc(C#N)c1. The van der Waals surface area contributed by atoms with Crippen LogP contribution in [0.4, 0.5) is 0 Å². The average molecular weight is 159 g/mol. The number of rotatable bonds is 0. The van der Waals surface area contributed by atoms with Crippen molar-refractivity contribution in [3.63, 3.8) is 0 Å². The van der Waals surface area contributed by atoms with Crippen LogP contribution in [0.2, 0.25) is 0 Å². The van der Waals surface area contributed by atoms with Gasteiger partial charge in [-0.1, -0.05) is 12.1 Å². The number of hydrogen-bond donors (Lipinski definition) is 0. The summed E-state index contributed by atoms with van der Waals surface area (Å²) >= 11 is 4.82. The van der Waals surface area contributed by atoms with E-state index in [2.05, 4.69) is 0 Å². The van der Waals surface area contributed by atoms with Gasteiger partial charge in [0.1, 0.15) is 0 Å². The maximum Gasteiger partial charge on any atom is 0.0991 e. The predicted molar refractivity (Wildman–Crippen MR) is 41.5 cm³/mol. The molecule has 3 heteroatoms. The molecule has 52 valence electrons. The van der Waals surface area contributed by atoms with Gasteiger partial charge in [-0.2, -0.15) is 15.4 Å². The molecule has 0 bridgehead atoms. The molecule has 0 atom stereocenters. The second-order valence-electron chi connectivity index (χ2n) is 1.97. The van der Waals surface area contributed by atoms with Crippen LogP contribution in [0, 0.1) is 22.7 Å². The molecule has 0 heterocycles. The summed E-state index contributed by atoms with van der Waals surface area (Å²) in [5.41, 5.74) is 0.878. The lowest BCUT2D eigenvalue weighted by Gasteiger charge is -2.04. The third-order valence-corrected chi connectivity index (χ3v) is 1.40. The van der Waals surface area contributed by atoms with Crippen LogP contribution in [0.1, 0.15) is 11.1 Å². The van der Waals surface area contributed by atoms with E-state index >= 15 is 0 Å². The van der Waals surface area contributed by atoms with Gasteiger partial charge in [-0.25, -0.2) is 0 Å². The standard InChI is InChI=1S/C8H4N2S/c9-4-6-1-7(5-10)3-8(11)2-6/h1-3,11H/p-1. The van der Waals surface area contributed by atoms with Gasteiger partial charge in [0, 0.05) is 0 Å². The molecule has 1 aromatic rings. The first-order valence-electron chi connectivity index (χ1n) is 2.88. The Kier molecular flexibility index (Phi) is 2.06. The number of nitriles is 2. The Morgan fingerprint density at radius 2 is 1.45 bits per heavy atom. The summed E-state index contributed by atoms with van der Waals surface area (Å²) < 4.78 is 0. The molecule has 1 rings (SSSR count). The van der Waals surface area contributed by atoms with Gasteiger partial charge in [-0.15, -0.1) is 0 Å². The molecule has 0 amide bonds. The largest absolute Gasteiger partial charge is 0.780 e. The van der Waals surface area contributed by atoms with Gasteiger partial charge in [0.25, 0.3) is 0 Å². The van der Waals surface area contributed by atoms with Crippen LogP contribution in [0.5, 0.6) is 0 Å². The number of nitrogens with zero attached hydrogens (tertiary/aromatic N) is 2. The molecule has 11 heavy (non-hydrogen) atoms. The highest BCUT2D eigenvalue weighted by atomic mass is 32.1. The molecule has 2 nitrogen and oxygen atoms in total. The summed E-state index contributed by atoms with van der Waals surface area (Å²) in [6.45, 7) is 0. The van der Waals surface area contributed by atoms with E-state index in [9.17, 15) is 0 Å². The van der Waals surface area contributed by atoms with Gasteiger partial charge in [0.15, 0.2) is 0 Å². The fourth-order valence-corrected chi connectivity index (χ4v) is 0.982. The van der Waals surface area contributed by atoms with E-state index in [4.69, 9.17) is 23.2 Å². The molecule has 0 fully saturated rings. The Morgan fingerprint density at radius 1 is 1.00 bits per heavy atom. The van der Waals surface area contributed by atoms with Gasteiger partial charge in [0.05, 0.1) is 23.3 Å². The van der Waals surface area contributed by atoms with Crippen LogP contribution in [-0.2, 0) is 12.6 Å². The Morgan fingerprint density at radius 3 is 1.82 bits per heavy atom. The molecule has 0 aliphatic rings. The highest BCUT2D eigenvalue weighted by Crippen LogP contribution is 2.07. The molecule has 0 radical (unpaired) electrons. The predicted octanol–water partition coefficient (Wildman–Crippen LogP) is 1.34. The van der Waals surface area contributed by atoms with Crippen LogP contribution >= 0.6 is 0 Å². The summed E-state index contributed by atoms with van der Waals surface area (Å²) in [4.78, 5) is 0.528. The first-order valence-corrected chi connectivity index (χ1v) is 3.29. The normalized spacial score (nSPS) is 8.18. The van der Waals surface area contributed by atoms with Gasteiger partial charge in [-0.3, -0.25) is 0 Å². The van der Waals surface area contributed by atoms with E-state index in [1.807, 2.05) is 12.1 Å². The van der Waals surface area contributed by atoms with Crippen molar-refractivity contribution in [1.82, 2.24) is 0 Å². The summed E-state index contributed by atoms with van der Waals surface area (Å²) in [5, 5.41) is 17.0. The lowest BCUT2D eigenvalue weighted by molar-refractivity contribution is 1.37. The summed E-state index contributed by atoms with van der Waals surface area (Å²) in [5.74, 6) is 0. The van der Waals surface area contributed by atoms with Crippen molar-refractivity contribution < 1.29 is 0 Å². The van der Waals surface area contributed by atoms with Gasteiger partial charge in [-0.05, 0) is 6.07 Å². The van der Waals surface area contributed by atoms with Crippen LogP contribution in [0.15, 0.2) is 23.1 Å². The molecule has 0 N–H and O–H groups in total. The van der Waals surface area contributed by atoms with E-state index in [0.717, 1.165) is 0 Å². The monoisotopic (exact) mass is 159 g/mol. The Labute approximate surface area is 70.1 Å². The van der Waals surface area contributed by atoms with Crippen molar-refractivity contribution in [3.8, 4) is 12.1 Å². The maximum atomic E-state index is 8.48. The van der Waals surface area contributed by atoms with Crippen molar-refractivity contribution in [2.24, 2.45) is 0 Å². The molecule has 0 saturated heterocycles. The Bertz CT molecular complexity index is 325. The zero-order valence-electron chi connectivity index (χ0n) is 5.53. The van der Waals surface area contributed by atoms with E-state index < -0.39 is 0 Å². The molecule has 0 spiro atoms. The van der Waals surface area contributed by atoms with Gasteiger partial charge in [0.2, 0.25) is 0 Å². The molecule has 0 saturated carbocycles. The zero-order chi connectivity index (χ0) is 8.27. The molecule has 0 aliphatic heterocycles. The second-order valence-corrected chi connectivity index (χ2v) is 2.44. The number of benzene rings is 1. The summed E-state index contributed by atoms with van der Waals surface area (Å²) in [6, 6.07) is 8.49. The van der Waals surface area contributed by atoms with E-state index in [1.54, 1.807) is 12.1 Å². The maximum absolute atomic E-state index is 8.48. The highest BCUT2D eigenvalue weighted by molar-refractivity contribution is 7.58. The molecular formula is C8H3N2S-. The lowest BCUT2D eigenvalue weighted by atomic mass is 10.1. The second kappa shape index (κ2) is 3.01. The smallest absolute Gasteiger partial charge is 0.0991 e. The fraction of sp³-hybridized carbons (Fsp3) is 0. The van der Waals surface area contributed by atoms with Crippen molar-refractivity contribution in [2.75, 3.05) is 0 Å². The highest BCUT2D eigenvalue weighted by Gasteiger charge is 1.91. The van der Waals surface area contributed by atoms with Crippen LogP contribution < -0.4 is 0 Å². The minimum absolute atomic E-state index is 0.439. The van der Waals surface area contributed by atoms with Gasteiger partial charge < -0.3 is 12.6 Å². The quantitative estimate of drug-likeness (QED) is 0.536. The zero-order valence-corrected chi connectivity index (χ0v) is 6.35. The minimum Gasteiger partial charge on any atom is -0.780 e. The lowest BCUT2D eigenvalue weighted by Crippen LogP contribution is -1.80. The molecule has 0 unspecified atom stereocenters. The molecule has 0 aromatic heterocycles. The first kappa shape index (κ1) is 7.53. The van der Waals surface area contributed by atoms with Crippen LogP contribution in [0.25, 0.3) is 0 Å².